The molecule has 0 aliphatic heterocycles. The van der Waals surface area contributed by atoms with E-state index in [1.54, 1.807) is 11.9 Å². The van der Waals surface area contributed by atoms with Gasteiger partial charge in [-0.15, -0.1) is 0 Å². The maximum Gasteiger partial charge on any atom is 0.230 e. The van der Waals surface area contributed by atoms with Crippen LogP contribution in [0, 0.1) is 12.3 Å². The van der Waals surface area contributed by atoms with E-state index in [0.717, 1.165) is 50.4 Å². The average molecular weight is 375 g/mol. The lowest BCUT2D eigenvalue weighted by Crippen LogP contribution is -2.49. The third-order valence-electron chi connectivity index (χ3n) is 5.14. The first-order chi connectivity index (χ1) is 13.0. The van der Waals surface area contributed by atoms with Crippen molar-refractivity contribution in [2.24, 2.45) is 10.4 Å². The number of nitrogens with one attached hydrogen (secondary N) is 2. The first-order valence-electron chi connectivity index (χ1n) is 9.82. The predicted molar refractivity (Wildman–Crippen MR) is 110 cm³/mol. The number of nitrogens with zero attached hydrogens (tertiary/aromatic N) is 2. The highest BCUT2D eigenvalue weighted by molar-refractivity contribution is 5.85. The molecule has 0 saturated heterocycles. The van der Waals surface area contributed by atoms with Crippen molar-refractivity contribution in [1.29, 1.82) is 0 Å². The number of ether oxygens (including phenoxy) is 1. The zero-order chi connectivity index (χ0) is 19.7. The Labute approximate surface area is 163 Å². The lowest BCUT2D eigenvalue weighted by molar-refractivity contribution is -0.138. The van der Waals surface area contributed by atoms with E-state index >= 15 is 0 Å². The van der Waals surface area contributed by atoms with Gasteiger partial charge in [-0.2, -0.15) is 0 Å². The van der Waals surface area contributed by atoms with Crippen LogP contribution in [0.3, 0.4) is 0 Å². The van der Waals surface area contributed by atoms with Crippen LogP contribution in [0.1, 0.15) is 37.7 Å². The maximum atomic E-state index is 12.6. The Morgan fingerprint density at radius 3 is 2.44 bits per heavy atom. The number of carbonyl (C=O) groups is 1. The number of hydrogen-bond donors (Lipinski definition) is 2. The molecule has 6 nitrogen and oxygen atoms in total. The average Bonchev–Trinajstić information content (AvgIpc) is 3.14. The molecule has 27 heavy (non-hydrogen) atoms. The van der Waals surface area contributed by atoms with Crippen LogP contribution in [0.4, 0.5) is 0 Å². The van der Waals surface area contributed by atoms with Crippen LogP contribution in [0.2, 0.25) is 0 Å². The minimum atomic E-state index is -0.296. The van der Waals surface area contributed by atoms with Gasteiger partial charge in [0.2, 0.25) is 5.91 Å². The van der Waals surface area contributed by atoms with E-state index in [1.807, 2.05) is 38.4 Å². The molecule has 1 fully saturated rings. The predicted octanol–water partition coefficient (Wildman–Crippen LogP) is 2.58. The van der Waals surface area contributed by atoms with Gasteiger partial charge >= 0.3 is 0 Å². The van der Waals surface area contributed by atoms with E-state index in [9.17, 15) is 4.79 Å². The third kappa shape index (κ3) is 6.15. The van der Waals surface area contributed by atoms with Crippen LogP contribution in [-0.2, 0) is 4.79 Å². The summed E-state index contributed by atoms with van der Waals surface area (Å²) in [5, 5.41) is 6.66. The van der Waals surface area contributed by atoms with E-state index in [-0.39, 0.29) is 11.3 Å². The molecule has 0 aromatic heterocycles. The van der Waals surface area contributed by atoms with E-state index in [4.69, 9.17) is 4.74 Å². The molecule has 2 rings (SSSR count). The molecule has 1 aliphatic rings. The van der Waals surface area contributed by atoms with Gasteiger partial charge in [0.1, 0.15) is 5.75 Å². The summed E-state index contributed by atoms with van der Waals surface area (Å²) in [6, 6.07) is 8.08. The van der Waals surface area contributed by atoms with Crippen LogP contribution in [0.15, 0.2) is 29.3 Å². The van der Waals surface area contributed by atoms with E-state index in [0.29, 0.717) is 13.2 Å². The van der Waals surface area contributed by atoms with Crippen molar-refractivity contribution in [3.63, 3.8) is 0 Å². The summed E-state index contributed by atoms with van der Waals surface area (Å²) < 4.78 is 5.74. The fraction of sp³-hybridized carbons (Fsp3) is 0.619. The second kappa shape index (κ2) is 10.2. The molecule has 1 amide bonds. The molecule has 0 heterocycles. The van der Waals surface area contributed by atoms with Crippen LogP contribution >= 0.6 is 0 Å². The van der Waals surface area contributed by atoms with Gasteiger partial charge in [-0.3, -0.25) is 9.79 Å². The van der Waals surface area contributed by atoms with Crippen molar-refractivity contribution < 1.29 is 9.53 Å². The molecule has 0 spiro atoms. The SMILES string of the molecule is CN=C(NCCCOc1ccc(C)cc1)NCC1(C(=O)N(C)C)CCCC1. The van der Waals surface area contributed by atoms with E-state index in [1.165, 1.54) is 5.56 Å². The molecule has 2 N–H and O–H groups in total. The van der Waals surface area contributed by atoms with Gasteiger partial charge in [0.15, 0.2) is 5.96 Å². The summed E-state index contributed by atoms with van der Waals surface area (Å²) in [7, 11) is 5.43. The quantitative estimate of drug-likeness (QED) is 0.417. The summed E-state index contributed by atoms with van der Waals surface area (Å²) in [5.74, 6) is 1.85. The number of hydrogen-bond acceptors (Lipinski definition) is 3. The summed E-state index contributed by atoms with van der Waals surface area (Å²) >= 11 is 0. The van der Waals surface area contributed by atoms with Gasteiger partial charge < -0.3 is 20.3 Å². The minimum absolute atomic E-state index is 0.217. The standard InChI is InChI=1S/C21H34N4O2/c1-17-8-10-18(11-9-17)27-15-7-14-23-20(22-2)24-16-21(12-5-6-13-21)19(26)25(3)4/h8-11H,5-7,12-16H2,1-4H3,(H2,22,23,24). The van der Waals surface area contributed by atoms with E-state index in [2.05, 4.69) is 22.5 Å². The van der Waals surface area contributed by atoms with Crippen LogP contribution in [-0.4, -0.2) is 57.6 Å². The minimum Gasteiger partial charge on any atom is -0.494 e. The van der Waals surface area contributed by atoms with Gasteiger partial charge in [0, 0.05) is 34.2 Å². The topological polar surface area (TPSA) is 66.0 Å². The monoisotopic (exact) mass is 374 g/mol. The van der Waals surface area contributed by atoms with Gasteiger partial charge in [0.05, 0.1) is 12.0 Å². The Balaban J connectivity index is 1.72. The lowest BCUT2D eigenvalue weighted by Gasteiger charge is -2.31. The lowest BCUT2D eigenvalue weighted by atomic mass is 9.84. The van der Waals surface area contributed by atoms with E-state index < -0.39 is 0 Å². The van der Waals surface area contributed by atoms with Crippen molar-refractivity contribution in [2.45, 2.75) is 39.0 Å². The normalized spacial score (nSPS) is 16.1. The Kier molecular flexibility index (Phi) is 7.95. The molecule has 150 valence electrons. The molecule has 0 unspecified atom stereocenters. The number of benzene rings is 1. The number of aryl methyl sites for hydroxylation is 1. The molecule has 1 aromatic carbocycles. The first-order valence-corrected chi connectivity index (χ1v) is 9.82. The Morgan fingerprint density at radius 1 is 1.19 bits per heavy atom. The highest BCUT2D eigenvalue weighted by atomic mass is 16.5. The van der Waals surface area contributed by atoms with Crippen molar-refractivity contribution in [3.05, 3.63) is 29.8 Å². The Hall–Kier alpha value is -2.24. The summed E-state index contributed by atoms with van der Waals surface area (Å²) in [6.45, 7) is 4.11. The molecular weight excluding hydrogens is 340 g/mol. The number of rotatable bonds is 8. The second-order valence-electron chi connectivity index (χ2n) is 7.55. The molecular formula is C21H34N4O2. The summed E-state index contributed by atoms with van der Waals surface area (Å²) in [4.78, 5) is 18.6. The fourth-order valence-electron chi connectivity index (χ4n) is 3.57. The van der Waals surface area contributed by atoms with Gasteiger partial charge in [-0.25, -0.2) is 0 Å². The van der Waals surface area contributed by atoms with Crippen molar-refractivity contribution in [3.8, 4) is 5.75 Å². The second-order valence-corrected chi connectivity index (χ2v) is 7.55. The van der Waals surface area contributed by atoms with Crippen molar-refractivity contribution >= 4 is 11.9 Å². The van der Waals surface area contributed by atoms with Gasteiger partial charge in [-0.05, 0) is 38.3 Å². The molecule has 0 bridgehead atoms. The number of amides is 1. The first kappa shape index (κ1) is 21.1. The van der Waals surface area contributed by atoms with Crippen molar-refractivity contribution in [1.82, 2.24) is 15.5 Å². The summed E-state index contributed by atoms with van der Waals surface area (Å²) in [5.41, 5.74) is 0.932. The highest BCUT2D eigenvalue weighted by Crippen LogP contribution is 2.38. The molecule has 0 radical (unpaired) electrons. The molecule has 1 aliphatic carbocycles. The Bertz CT molecular complexity index is 620. The molecule has 1 saturated carbocycles. The smallest absolute Gasteiger partial charge is 0.230 e. The maximum absolute atomic E-state index is 12.6. The zero-order valence-corrected chi connectivity index (χ0v) is 17.2. The van der Waals surface area contributed by atoms with Gasteiger partial charge in [0.25, 0.3) is 0 Å². The highest BCUT2D eigenvalue weighted by Gasteiger charge is 2.42. The van der Waals surface area contributed by atoms with Crippen LogP contribution in [0.25, 0.3) is 0 Å². The van der Waals surface area contributed by atoms with Crippen LogP contribution in [0.5, 0.6) is 5.75 Å². The fourth-order valence-corrected chi connectivity index (χ4v) is 3.57. The third-order valence-corrected chi connectivity index (χ3v) is 5.14. The molecule has 6 heteroatoms. The number of aliphatic imine (C=N–C) groups is 1. The number of guanidine groups is 1. The largest absolute Gasteiger partial charge is 0.494 e. The number of carbonyl (C=O) groups excluding carboxylic acids is 1. The van der Waals surface area contributed by atoms with Gasteiger partial charge in [-0.1, -0.05) is 30.5 Å². The Morgan fingerprint density at radius 2 is 1.85 bits per heavy atom. The molecule has 1 aromatic rings. The molecule has 0 atom stereocenters. The van der Waals surface area contributed by atoms with Crippen molar-refractivity contribution in [2.75, 3.05) is 40.8 Å². The zero-order valence-electron chi connectivity index (χ0n) is 17.2. The van der Waals surface area contributed by atoms with Crippen LogP contribution < -0.4 is 15.4 Å². The summed E-state index contributed by atoms with van der Waals surface area (Å²) in [6.07, 6.45) is 4.99.